The molecule has 0 aromatic carbocycles. The third kappa shape index (κ3) is 10.2. The molecule has 0 radical (unpaired) electrons. The van der Waals surface area contributed by atoms with E-state index in [-0.39, 0.29) is 24.0 Å². The molecule has 0 amide bonds. The number of ether oxygens (including phenoxy) is 1. The number of guanidine groups is 1. The Morgan fingerprint density at radius 1 is 1.39 bits per heavy atom. The van der Waals surface area contributed by atoms with E-state index < -0.39 is 0 Å². The van der Waals surface area contributed by atoms with Crippen molar-refractivity contribution in [3.8, 4) is 0 Å². The average Bonchev–Trinajstić information content (AvgIpc) is 3.05. The van der Waals surface area contributed by atoms with E-state index in [1.807, 2.05) is 7.05 Å². The number of hydrogen-bond acceptors (Lipinski definition) is 4. The molecule has 0 fully saturated rings. The van der Waals surface area contributed by atoms with Crippen LogP contribution in [0.2, 0.25) is 0 Å². The van der Waals surface area contributed by atoms with E-state index in [0.29, 0.717) is 5.92 Å². The smallest absolute Gasteiger partial charge is 0.191 e. The van der Waals surface area contributed by atoms with Crippen molar-refractivity contribution in [1.29, 1.82) is 0 Å². The fraction of sp³-hybridized carbons (Fsp3) is 0.688. The number of thiophene rings is 1. The van der Waals surface area contributed by atoms with Gasteiger partial charge in [-0.05, 0) is 24.9 Å². The molecule has 0 saturated carbocycles. The van der Waals surface area contributed by atoms with Gasteiger partial charge in [-0.15, -0.1) is 35.3 Å². The summed E-state index contributed by atoms with van der Waals surface area (Å²) in [7, 11) is 5.69. The van der Waals surface area contributed by atoms with Crippen molar-refractivity contribution in [3.63, 3.8) is 0 Å². The lowest BCUT2D eigenvalue weighted by molar-refractivity contribution is 0.180. The summed E-state index contributed by atoms with van der Waals surface area (Å²) in [6, 6.07) is 4.28. The van der Waals surface area contributed by atoms with Crippen molar-refractivity contribution in [2.75, 3.05) is 54.0 Å². The monoisotopic (exact) mass is 454 g/mol. The zero-order chi connectivity index (χ0) is 16.2. The van der Waals surface area contributed by atoms with Crippen molar-refractivity contribution >= 4 is 41.3 Å². The molecule has 0 aliphatic heterocycles. The van der Waals surface area contributed by atoms with Crippen LogP contribution in [0.3, 0.4) is 0 Å². The number of nitrogens with zero attached hydrogens (tertiary/aromatic N) is 2. The van der Waals surface area contributed by atoms with Gasteiger partial charge in [0.1, 0.15) is 0 Å². The first-order valence-electron chi connectivity index (χ1n) is 7.82. The Balaban J connectivity index is 0.00000484. The van der Waals surface area contributed by atoms with Gasteiger partial charge in [-0.25, -0.2) is 0 Å². The molecule has 0 aliphatic carbocycles. The summed E-state index contributed by atoms with van der Waals surface area (Å²) in [6.07, 6.45) is 1.07. The van der Waals surface area contributed by atoms with Crippen molar-refractivity contribution in [2.24, 2.45) is 4.99 Å². The summed E-state index contributed by atoms with van der Waals surface area (Å²) < 4.78 is 5.07. The maximum Gasteiger partial charge on any atom is 0.191 e. The van der Waals surface area contributed by atoms with Gasteiger partial charge in [0, 0.05) is 57.7 Å². The molecular weight excluding hydrogens is 423 g/mol. The van der Waals surface area contributed by atoms with Gasteiger partial charge < -0.3 is 20.3 Å². The molecule has 1 aromatic rings. The summed E-state index contributed by atoms with van der Waals surface area (Å²) >= 11 is 1.80. The molecule has 1 atom stereocenters. The number of aliphatic imine (C=N–C) groups is 1. The van der Waals surface area contributed by atoms with Crippen molar-refractivity contribution < 1.29 is 4.74 Å². The number of rotatable bonds is 10. The van der Waals surface area contributed by atoms with Gasteiger partial charge >= 0.3 is 0 Å². The Bertz CT molecular complexity index is 414. The second-order valence-electron chi connectivity index (χ2n) is 5.45. The average molecular weight is 454 g/mol. The first-order chi connectivity index (χ1) is 10.7. The Hall–Kier alpha value is -0.380. The summed E-state index contributed by atoms with van der Waals surface area (Å²) in [5.74, 6) is 1.36. The largest absolute Gasteiger partial charge is 0.385 e. The van der Waals surface area contributed by atoms with Crippen LogP contribution in [0, 0.1) is 0 Å². The lowest BCUT2D eigenvalue weighted by Gasteiger charge is -2.19. The van der Waals surface area contributed by atoms with E-state index in [0.717, 1.165) is 45.2 Å². The minimum Gasteiger partial charge on any atom is -0.385 e. The van der Waals surface area contributed by atoms with Crippen LogP contribution in [-0.4, -0.2) is 64.9 Å². The van der Waals surface area contributed by atoms with Crippen LogP contribution in [0.25, 0.3) is 0 Å². The number of likely N-dealkylation sites (N-methyl/N-ethyl adjacent to an activating group) is 1. The molecule has 23 heavy (non-hydrogen) atoms. The van der Waals surface area contributed by atoms with Crippen molar-refractivity contribution in [1.82, 2.24) is 15.5 Å². The summed E-state index contributed by atoms with van der Waals surface area (Å²) in [5, 5.41) is 8.87. The molecule has 0 saturated heterocycles. The maximum atomic E-state index is 5.07. The highest BCUT2D eigenvalue weighted by atomic mass is 127. The molecule has 5 nitrogen and oxygen atoms in total. The standard InChI is InChI=1S/C16H30N4OS.HI/c1-14(15-7-5-12-22-15)13-19-16(17-2)18-8-10-20(3)9-6-11-21-4;/h5,7,12,14H,6,8-11,13H2,1-4H3,(H2,17,18,19);1H. The summed E-state index contributed by atoms with van der Waals surface area (Å²) in [4.78, 5) is 7.98. The molecule has 1 rings (SSSR count). The van der Waals surface area contributed by atoms with Crippen molar-refractivity contribution in [2.45, 2.75) is 19.3 Å². The second-order valence-corrected chi connectivity index (χ2v) is 6.43. The first kappa shape index (κ1) is 22.6. The van der Waals surface area contributed by atoms with E-state index in [1.165, 1.54) is 4.88 Å². The molecule has 1 unspecified atom stereocenters. The van der Waals surface area contributed by atoms with Gasteiger partial charge in [-0.1, -0.05) is 13.0 Å². The van der Waals surface area contributed by atoms with E-state index in [1.54, 1.807) is 18.4 Å². The SMILES string of the molecule is CN=C(NCCN(C)CCCOC)NCC(C)c1cccs1.I. The molecule has 134 valence electrons. The van der Waals surface area contributed by atoms with Crippen LogP contribution in [-0.2, 0) is 4.74 Å². The number of hydrogen-bond donors (Lipinski definition) is 2. The van der Waals surface area contributed by atoms with E-state index in [2.05, 4.69) is 52.0 Å². The van der Waals surface area contributed by atoms with Crippen LogP contribution in [0.5, 0.6) is 0 Å². The van der Waals surface area contributed by atoms with Crippen LogP contribution < -0.4 is 10.6 Å². The predicted octanol–water partition coefficient (Wildman–Crippen LogP) is 2.60. The quantitative estimate of drug-likeness (QED) is 0.247. The Kier molecular flexibility index (Phi) is 13.8. The predicted molar refractivity (Wildman–Crippen MR) is 112 cm³/mol. The molecule has 1 heterocycles. The van der Waals surface area contributed by atoms with E-state index in [9.17, 15) is 0 Å². The lowest BCUT2D eigenvalue weighted by Crippen LogP contribution is -2.42. The number of nitrogens with one attached hydrogen (secondary N) is 2. The third-order valence-electron chi connectivity index (χ3n) is 3.50. The van der Waals surface area contributed by atoms with Gasteiger partial charge in [0.15, 0.2) is 5.96 Å². The van der Waals surface area contributed by atoms with Crippen LogP contribution >= 0.6 is 35.3 Å². The zero-order valence-corrected chi connectivity index (χ0v) is 17.8. The van der Waals surface area contributed by atoms with Gasteiger partial charge in [0.05, 0.1) is 0 Å². The third-order valence-corrected chi connectivity index (χ3v) is 4.61. The summed E-state index contributed by atoms with van der Waals surface area (Å²) in [5.41, 5.74) is 0. The second kappa shape index (κ2) is 14.0. The number of halogens is 1. The van der Waals surface area contributed by atoms with Gasteiger partial charge in [-0.3, -0.25) is 4.99 Å². The highest BCUT2D eigenvalue weighted by Gasteiger charge is 2.07. The van der Waals surface area contributed by atoms with Gasteiger partial charge in [-0.2, -0.15) is 0 Å². The highest BCUT2D eigenvalue weighted by Crippen LogP contribution is 2.19. The van der Waals surface area contributed by atoms with Gasteiger partial charge in [0.25, 0.3) is 0 Å². The molecule has 0 spiro atoms. The van der Waals surface area contributed by atoms with E-state index >= 15 is 0 Å². The topological polar surface area (TPSA) is 48.9 Å². The number of methoxy groups -OCH3 is 1. The van der Waals surface area contributed by atoms with Crippen LogP contribution in [0.1, 0.15) is 24.1 Å². The fourth-order valence-electron chi connectivity index (χ4n) is 2.10. The lowest BCUT2D eigenvalue weighted by atomic mass is 10.1. The Morgan fingerprint density at radius 2 is 2.17 bits per heavy atom. The highest BCUT2D eigenvalue weighted by molar-refractivity contribution is 14.0. The molecule has 7 heteroatoms. The normalized spacial score (nSPS) is 12.8. The molecule has 2 N–H and O–H groups in total. The summed E-state index contributed by atoms with van der Waals surface area (Å²) in [6.45, 7) is 6.87. The zero-order valence-electron chi connectivity index (χ0n) is 14.7. The minimum absolute atomic E-state index is 0. The minimum atomic E-state index is 0. The Labute approximate surface area is 161 Å². The molecular formula is C16H31IN4OS. The maximum absolute atomic E-state index is 5.07. The van der Waals surface area contributed by atoms with E-state index in [4.69, 9.17) is 4.74 Å². The first-order valence-corrected chi connectivity index (χ1v) is 8.70. The fourth-order valence-corrected chi connectivity index (χ4v) is 2.89. The Morgan fingerprint density at radius 3 is 2.78 bits per heavy atom. The van der Waals surface area contributed by atoms with Crippen molar-refractivity contribution in [3.05, 3.63) is 22.4 Å². The molecule has 0 aliphatic rings. The molecule has 0 bridgehead atoms. The molecule has 1 aromatic heterocycles. The van der Waals surface area contributed by atoms with Crippen LogP contribution in [0.4, 0.5) is 0 Å². The van der Waals surface area contributed by atoms with Crippen LogP contribution in [0.15, 0.2) is 22.5 Å². The van der Waals surface area contributed by atoms with Gasteiger partial charge in [0.2, 0.25) is 0 Å².